The summed E-state index contributed by atoms with van der Waals surface area (Å²) >= 11 is 0. The Hall–Kier alpha value is -2.51. The number of aliphatic hydroxyl groups is 1. The lowest BCUT2D eigenvalue weighted by Crippen LogP contribution is -2.01. The van der Waals surface area contributed by atoms with Gasteiger partial charge in [0.2, 0.25) is 0 Å². The van der Waals surface area contributed by atoms with E-state index in [9.17, 15) is 5.11 Å². The van der Waals surface area contributed by atoms with Crippen molar-refractivity contribution in [3.05, 3.63) is 59.2 Å². The molecule has 0 heterocycles. The number of ether oxygens (including phenoxy) is 2. The molecule has 0 bridgehead atoms. The molecule has 0 saturated carbocycles. The molecule has 0 fully saturated rings. The standard InChI is InChI=1S/C17H17NO3/c1-12(19)15-5-3-4-6-16(15)21-11-13-7-8-14(10-18)17(9-13)20-2/h3-9,12,19H,11H2,1-2H3. The maximum Gasteiger partial charge on any atom is 0.137 e. The Labute approximate surface area is 124 Å². The van der Waals surface area contributed by atoms with Crippen molar-refractivity contribution in [1.82, 2.24) is 0 Å². The molecule has 1 N–H and O–H groups in total. The number of benzene rings is 2. The van der Waals surface area contributed by atoms with E-state index < -0.39 is 6.10 Å². The highest BCUT2D eigenvalue weighted by Gasteiger charge is 2.09. The predicted molar refractivity (Wildman–Crippen MR) is 79.1 cm³/mol. The van der Waals surface area contributed by atoms with Crippen molar-refractivity contribution < 1.29 is 14.6 Å². The van der Waals surface area contributed by atoms with E-state index in [1.54, 1.807) is 19.1 Å². The third-order valence-electron chi connectivity index (χ3n) is 3.15. The number of hydrogen-bond acceptors (Lipinski definition) is 4. The molecule has 2 aromatic rings. The van der Waals surface area contributed by atoms with Crippen molar-refractivity contribution in [2.24, 2.45) is 0 Å². The number of rotatable bonds is 5. The first-order chi connectivity index (χ1) is 10.2. The van der Waals surface area contributed by atoms with Crippen molar-refractivity contribution >= 4 is 0 Å². The fourth-order valence-electron chi connectivity index (χ4n) is 2.04. The van der Waals surface area contributed by atoms with Gasteiger partial charge in [-0.25, -0.2) is 0 Å². The largest absolute Gasteiger partial charge is 0.495 e. The van der Waals surface area contributed by atoms with Gasteiger partial charge in [-0.3, -0.25) is 0 Å². The predicted octanol–water partition coefficient (Wildman–Crippen LogP) is 3.20. The van der Waals surface area contributed by atoms with E-state index >= 15 is 0 Å². The van der Waals surface area contributed by atoms with Crippen LogP contribution in [0.3, 0.4) is 0 Å². The summed E-state index contributed by atoms with van der Waals surface area (Å²) in [5.74, 6) is 1.18. The number of aliphatic hydroxyl groups excluding tert-OH is 1. The summed E-state index contributed by atoms with van der Waals surface area (Å²) in [6.45, 7) is 2.04. The molecule has 0 saturated heterocycles. The van der Waals surface area contributed by atoms with Gasteiger partial charge in [-0.2, -0.15) is 5.26 Å². The second-order valence-electron chi connectivity index (χ2n) is 4.65. The Kier molecular flexibility index (Phi) is 4.81. The van der Waals surface area contributed by atoms with Gasteiger partial charge >= 0.3 is 0 Å². The summed E-state index contributed by atoms with van der Waals surface area (Å²) < 4.78 is 10.9. The zero-order valence-corrected chi connectivity index (χ0v) is 12.0. The van der Waals surface area contributed by atoms with Crippen LogP contribution >= 0.6 is 0 Å². The van der Waals surface area contributed by atoms with Gasteiger partial charge in [0.05, 0.1) is 18.8 Å². The number of methoxy groups -OCH3 is 1. The molecular formula is C17H17NO3. The molecule has 0 aromatic heterocycles. The summed E-state index contributed by atoms with van der Waals surface area (Å²) in [4.78, 5) is 0. The number of para-hydroxylation sites is 1. The van der Waals surface area contributed by atoms with Crippen LogP contribution in [-0.4, -0.2) is 12.2 Å². The summed E-state index contributed by atoms with van der Waals surface area (Å²) in [5.41, 5.74) is 2.13. The second kappa shape index (κ2) is 6.78. The SMILES string of the molecule is COc1cc(COc2ccccc2C(C)O)ccc1C#N. The Morgan fingerprint density at radius 2 is 1.95 bits per heavy atom. The molecule has 108 valence electrons. The molecule has 2 rings (SSSR count). The van der Waals surface area contributed by atoms with Crippen LogP contribution < -0.4 is 9.47 Å². The minimum atomic E-state index is -0.586. The highest BCUT2D eigenvalue weighted by molar-refractivity contribution is 5.45. The normalized spacial score (nSPS) is 11.5. The summed E-state index contributed by atoms with van der Waals surface area (Å²) in [6.07, 6.45) is -0.586. The monoisotopic (exact) mass is 283 g/mol. The van der Waals surface area contributed by atoms with Gasteiger partial charge in [0.1, 0.15) is 24.2 Å². The molecule has 0 amide bonds. The molecule has 21 heavy (non-hydrogen) atoms. The van der Waals surface area contributed by atoms with Crippen molar-refractivity contribution in [3.8, 4) is 17.6 Å². The van der Waals surface area contributed by atoms with E-state index in [2.05, 4.69) is 6.07 Å². The van der Waals surface area contributed by atoms with Gasteiger partial charge in [0.15, 0.2) is 0 Å². The zero-order valence-electron chi connectivity index (χ0n) is 12.0. The van der Waals surface area contributed by atoms with E-state index in [1.165, 1.54) is 7.11 Å². The second-order valence-corrected chi connectivity index (χ2v) is 4.65. The molecule has 1 unspecified atom stereocenters. The first kappa shape index (κ1) is 14.9. The smallest absolute Gasteiger partial charge is 0.137 e. The van der Waals surface area contributed by atoms with Crippen molar-refractivity contribution in [2.75, 3.05) is 7.11 Å². The Balaban J connectivity index is 2.16. The van der Waals surface area contributed by atoms with Crippen LogP contribution in [-0.2, 0) is 6.61 Å². The maximum atomic E-state index is 9.72. The molecule has 2 aromatic carbocycles. The lowest BCUT2D eigenvalue weighted by Gasteiger charge is -2.13. The minimum absolute atomic E-state index is 0.339. The molecule has 0 aliphatic carbocycles. The molecule has 0 aliphatic heterocycles. The molecular weight excluding hydrogens is 266 g/mol. The van der Waals surface area contributed by atoms with Crippen molar-refractivity contribution in [3.63, 3.8) is 0 Å². The molecule has 4 nitrogen and oxygen atoms in total. The van der Waals surface area contributed by atoms with Gasteiger partial charge in [0, 0.05) is 5.56 Å². The fraction of sp³-hybridized carbons (Fsp3) is 0.235. The van der Waals surface area contributed by atoms with Crippen LogP contribution in [0.2, 0.25) is 0 Å². The summed E-state index contributed by atoms with van der Waals surface area (Å²) in [5, 5.41) is 18.7. The first-order valence-electron chi connectivity index (χ1n) is 6.62. The Bertz CT molecular complexity index is 659. The van der Waals surface area contributed by atoms with Crippen LogP contribution in [0, 0.1) is 11.3 Å². The van der Waals surface area contributed by atoms with Gasteiger partial charge in [-0.05, 0) is 30.7 Å². The summed E-state index contributed by atoms with van der Waals surface area (Å²) in [7, 11) is 1.53. The average Bonchev–Trinajstić information content (AvgIpc) is 2.52. The average molecular weight is 283 g/mol. The van der Waals surface area contributed by atoms with Gasteiger partial charge in [-0.15, -0.1) is 0 Å². The van der Waals surface area contributed by atoms with Gasteiger partial charge in [-0.1, -0.05) is 24.3 Å². The Morgan fingerprint density at radius 1 is 1.19 bits per heavy atom. The number of hydrogen-bond donors (Lipinski definition) is 1. The molecule has 0 radical (unpaired) electrons. The van der Waals surface area contributed by atoms with Crippen LogP contribution in [0.25, 0.3) is 0 Å². The maximum absolute atomic E-state index is 9.72. The van der Waals surface area contributed by atoms with Crippen molar-refractivity contribution in [1.29, 1.82) is 5.26 Å². The summed E-state index contributed by atoms with van der Waals surface area (Å²) in [6, 6.07) is 14.8. The van der Waals surface area contributed by atoms with Crippen molar-refractivity contribution in [2.45, 2.75) is 19.6 Å². The third-order valence-corrected chi connectivity index (χ3v) is 3.15. The first-order valence-corrected chi connectivity index (χ1v) is 6.62. The Morgan fingerprint density at radius 3 is 2.62 bits per heavy atom. The molecule has 1 atom stereocenters. The van der Waals surface area contributed by atoms with Gasteiger partial charge in [0.25, 0.3) is 0 Å². The van der Waals surface area contributed by atoms with Gasteiger partial charge < -0.3 is 14.6 Å². The minimum Gasteiger partial charge on any atom is -0.495 e. The highest BCUT2D eigenvalue weighted by atomic mass is 16.5. The van der Waals surface area contributed by atoms with E-state index in [1.807, 2.05) is 30.3 Å². The molecule has 0 spiro atoms. The van der Waals surface area contributed by atoms with Crippen LogP contribution in [0.4, 0.5) is 0 Å². The zero-order chi connectivity index (χ0) is 15.2. The number of nitriles is 1. The van der Waals surface area contributed by atoms with Crippen LogP contribution in [0.1, 0.15) is 29.7 Å². The van der Waals surface area contributed by atoms with E-state index in [0.29, 0.717) is 23.7 Å². The van der Waals surface area contributed by atoms with E-state index in [0.717, 1.165) is 11.1 Å². The fourth-order valence-corrected chi connectivity index (χ4v) is 2.04. The van der Waals surface area contributed by atoms with E-state index in [-0.39, 0.29) is 0 Å². The number of nitrogens with zero attached hydrogens (tertiary/aromatic N) is 1. The van der Waals surface area contributed by atoms with Crippen LogP contribution in [0.5, 0.6) is 11.5 Å². The van der Waals surface area contributed by atoms with E-state index in [4.69, 9.17) is 14.7 Å². The topological polar surface area (TPSA) is 62.5 Å². The quantitative estimate of drug-likeness (QED) is 0.915. The lowest BCUT2D eigenvalue weighted by atomic mass is 10.1. The van der Waals surface area contributed by atoms with Crippen LogP contribution in [0.15, 0.2) is 42.5 Å². The lowest BCUT2D eigenvalue weighted by molar-refractivity contribution is 0.190. The highest BCUT2D eigenvalue weighted by Crippen LogP contribution is 2.26. The molecule has 0 aliphatic rings. The third kappa shape index (κ3) is 3.53. The molecule has 4 heteroatoms.